The fourth-order valence-corrected chi connectivity index (χ4v) is 2.14. The Morgan fingerprint density at radius 1 is 0.947 bits per heavy atom. The fraction of sp³-hybridized carbons (Fsp3) is 0.176. The van der Waals surface area contributed by atoms with Crippen LogP contribution in [-0.4, -0.2) is 12.1 Å². The topological polar surface area (TPSA) is 34.1 Å². The van der Waals surface area contributed by atoms with E-state index in [1.807, 2.05) is 60.7 Å². The summed E-state index contributed by atoms with van der Waals surface area (Å²) in [5, 5.41) is 0. The smallest absolute Gasteiger partial charge is 0.163 e. The van der Waals surface area contributed by atoms with Crippen molar-refractivity contribution in [2.24, 2.45) is 0 Å². The van der Waals surface area contributed by atoms with E-state index in [0.717, 1.165) is 11.8 Å². The molecule has 0 heterocycles. The molecule has 0 aliphatic rings. The summed E-state index contributed by atoms with van der Waals surface area (Å²) >= 11 is 0. The molecule has 0 spiro atoms. The van der Waals surface area contributed by atoms with E-state index in [2.05, 4.69) is 0 Å². The normalized spacial score (nSPS) is 11.8. The van der Waals surface area contributed by atoms with Gasteiger partial charge in [-0.25, -0.2) is 0 Å². The molecule has 0 bridgehead atoms. The third-order valence-corrected chi connectivity index (χ3v) is 3.18. The summed E-state index contributed by atoms with van der Waals surface area (Å²) in [7, 11) is 0. The van der Waals surface area contributed by atoms with Crippen LogP contribution in [0.4, 0.5) is 0 Å². The van der Waals surface area contributed by atoms with Crippen molar-refractivity contribution in [3.63, 3.8) is 0 Å². The van der Waals surface area contributed by atoms with Crippen LogP contribution in [0.15, 0.2) is 60.7 Å². The van der Waals surface area contributed by atoms with E-state index < -0.39 is 0 Å². The molecule has 0 fully saturated rings. The predicted octanol–water partition coefficient (Wildman–Crippen LogP) is 3.63. The molecule has 2 heteroatoms. The summed E-state index contributed by atoms with van der Waals surface area (Å²) in [4.78, 5) is 23.0. The molecule has 0 amide bonds. The Morgan fingerprint density at radius 2 is 1.53 bits per heavy atom. The van der Waals surface area contributed by atoms with Crippen LogP contribution in [0.2, 0.25) is 0 Å². The first-order valence-electron chi connectivity index (χ1n) is 6.38. The number of hydrogen-bond donors (Lipinski definition) is 0. The molecule has 96 valence electrons. The van der Waals surface area contributed by atoms with Crippen LogP contribution in [0.1, 0.15) is 34.7 Å². The maximum absolute atomic E-state index is 12.2. The van der Waals surface area contributed by atoms with Gasteiger partial charge in [0.25, 0.3) is 0 Å². The average Bonchev–Trinajstić information content (AvgIpc) is 2.48. The van der Waals surface area contributed by atoms with Crippen molar-refractivity contribution >= 4 is 12.1 Å². The number of ketones is 1. The van der Waals surface area contributed by atoms with Crippen molar-refractivity contribution in [3.05, 3.63) is 71.8 Å². The summed E-state index contributed by atoms with van der Waals surface area (Å²) in [6.45, 7) is 0. The van der Waals surface area contributed by atoms with Gasteiger partial charge in [-0.2, -0.15) is 0 Å². The number of Topliss-reactive ketones (excluding diaryl/α,β-unsaturated/α-hetero) is 1. The second-order valence-electron chi connectivity index (χ2n) is 4.50. The molecule has 19 heavy (non-hydrogen) atoms. The molecule has 0 unspecified atom stereocenters. The number of aldehydes is 1. The van der Waals surface area contributed by atoms with Crippen LogP contribution in [0, 0.1) is 0 Å². The van der Waals surface area contributed by atoms with Crippen molar-refractivity contribution in [3.8, 4) is 0 Å². The van der Waals surface area contributed by atoms with E-state index in [9.17, 15) is 9.59 Å². The minimum atomic E-state index is -0.0357. The van der Waals surface area contributed by atoms with Gasteiger partial charge < -0.3 is 4.79 Å². The lowest BCUT2D eigenvalue weighted by atomic mass is 9.89. The Balaban J connectivity index is 2.14. The zero-order valence-electron chi connectivity index (χ0n) is 10.7. The summed E-state index contributed by atoms with van der Waals surface area (Å²) in [5.74, 6) is 0.0442. The van der Waals surface area contributed by atoms with Gasteiger partial charge in [-0.15, -0.1) is 0 Å². The molecule has 0 saturated carbocycles. The highest BCUT2D eigenvalue weighted by atomic mass is 16.1. The molecule has 2 rings (SSSR count). The summed E-state index contributed by atoms with van der Waals surface area (Å²) in [5.41, 5.74) is 1.74. The van der Waals surface area contributed by atoms with E-state index in [0.29, 0.717) is 18.4 Å². The summed E-state index contributed by atoms with van der Waals surface area (Å²) < 4.78 is 0. The van der Waals surface area contributed by atoms with Gasteiger partial charge in [0.2, 0.25) is 0 Å². The molecule has 2 aromatic carbocycles. The number of hydrogen-bond acceptors (Lipinski definition) is 2. The molecule has 0 aliphatic heterocycles. The quantitative estimate of drug-likeness (QED) is 0.581. The second-order valence-corrected chi connectivity index (χ2v) is 4.50. The highest BCUT2D eigenvalue weighted by molar-refractivity contribution is 5.96. The summed E-state index contributed by atoms with van der Waals surface area (Å²) in [6, 6.07) is 18.9. The minimum Gasteiger partial charge on any atom is -0.303 e. The van der Waals surface area contributed by atoms with Crippen LogP contribution in [0.5, 0.6) is 0 Å². The van der Waals surface area contributed by atoms with E-state index in [1.165, 1.54) is 0 Å². The van der Waals surface area contributed by atoms with Crippen molar-refractivity contribution in [1.82, 2.24) is 0 Å². The van der Waals surface area contributed by atoms with E-state index in [4.69, 9.17) is 0 Å². The van der Waals surface area contributed by atoms with Crippen molar-refractivity contribution < 1.29 is 9.59 Å². The van der Waals surface area contributed by atoms with Gasteiger partial charge in [0, 0.05) is 18.4 Å². The highest BCUT2D eigenvalue weighted by Crippen LogP contribution is 2.24. The lowest BCUT2D eigenvalue weighted by molar-refractivity contribution is -0.108. The standard InChI is InChI=1S/C17H16O2/c18-12-11-16(14-7-3-1-4-8-14)13-17(19)15-9-5-2-6-10-15/h1-10,12,16H,11,13H2/t16-/m0/s1. The molecule has 0 saturated heterocycles. The first-order chi connectivity index (χ1) is 9.31. The van der Waals surface area contributed by atoms with Gasteiger partial charge in [0.1, 0.15) is 6.29 Å². The van der Waals surface area contributed by atoms with Crippen molar-refractivity contribution in [2.45, 2.75) is 18.8 Å². The minimum absolute atomic E-state index is 0.0357. The molecule has 0 radical (unpaired) electrons. The maximum Gasteiger partial charge on any atom is 0.163 e. The molecule has 0 aromatic heterocycles. The van der Waals surface area contributed by atoms with Crippen LogP contribution >= 0.6 is 0 Å². The van der Waals surface area contributed by atoms with Gasteiger partial charge in [0.15, 0.2) is 5.78 Å². The average molecular weight is 252 g/mol. The van der Waals surface area contributed by atoms with Crippen molar-refractivity contribution in [1.29, 1.82) is 0 Å². The third kappa shape index (κ3) is 3.62. The van der Waals surface area contributed by atoms with Crippen LogP contribution in [-0.2, 0) is 4.79 Å². The van der Waals surface area contributed by atoms with Gasteiger partial charge in [0.05, 0.1) is 0 Å². The largest absolute Gasteiger partial charge is 0.303 e. The first-order valence-corrected chi connectivity index (χ1v) is 6.38. The monoisotopic (exact) mass is 252 g/mol. The van der Waals surface area contributed by atoms with Crippen LogP contribution in [0.3, 0.4) is 0 Å². The molecule has 2 aromatic rings. The lowest BCUT2D eigenvalue weighted by Crippen LogP contribution is -2.08. The molecule has 0 aliphatic carbocycles. The zero-order valence-corrected chi connectivity index (χ0v) is 10.7. The van der Waals surface area contributed by atoms with Crippen molar-refractivity contribution in [2.75, 3.05) is 0 Å². The Hall–Kier alpha value is -2.22. The maximum atomic E-state index is 12.2. The van der Waals surface area contributed by atoms with E-state index >= 15 is 0 Å². The number of carbonyl (C=O) groups excluding carboxylic acids is 2. The van der Waals surface area contributed by atoms with Gasteiger partial charge in [-0.3, -0.25) is 4.79 Å². The van der Waals surface area contributed by atoms with E-state index in [1.54, 1.807) is 0 Å². The predicted molar refractivity (Wildman–Crippen MR) is 75.3 cm³/mol. The molecule has 2 nitrogen and oxygen atoms in total. The highest BCUT2D eigenvalue weighted by Gasteiger charge is 2.16. The van der Waals surface area contributed by atoms with Gasteiger partial charge in [-0.1, -0.05) is 60.7 Å². The Morgan fingerprint density at radius 3 is 2.11 bits per heavy atom. The number of rotatable bonds is 6. The molecule has 0 N–H and O–H groups in total. The number of carbonyl (C=O) groups is 2. The van der Waals surface area contributed by atoms with Gasteiger partial charge >= 0.3 is 0 Å². The Labute approximate surface area is 113 Å². The first kappa shape index (κ1) is 13.2. The van der Waals surface area contributed by atoms with Gasteiger partial charge in [-0.05, 0) is 11.5 Å². The Kier molecular flexibility index (Phi) is 4.62. The zero-order chi connectivity index (χ0) is 13.5. The fourth-order valence-electron chi connectivity index (χ4n) is 2.14. The summed E-state index contributed by atoms with van der Waals surface area (Å²) in [6.07, 6.45) is 1.63. The van der Waals surface area contributed by atoms with E-state index in [-0.39, 0.29) is 11.7 Å². The lowest BCUT2D eigenvalue weighted by Gasteiger charge is -2.13. The molecule has 1 atom stereocenters. The van der Waals surface area contributed by atoms with Crippen LogP contribution in [0.25, 0.3) is 0 Å². The number of benzene rings is 2. The second kappa shape index (κ2) is 6.64. The third-order valence-electron chi connectivity index (χ3n) is 3.18. The van der Waals surface area contributed by atoms with Crippen LogP contribution < -0.4 is 0 Å². The molecular weight excluding hydrogens is 236 g/mol. The Bertz CT molecular complexity index is 532. The molecular formula is C17H16O2. The SMILES string of the molecule is O=CC[C@@H](CC(=O)c1ccccc1)c1ccccc1.